The Morgan fingerprint density at radius 1 is 1.35 bits per heavy atom. The molecule has 3 heterocycles. The van der Waals surface area contributed by atoms with Crippen molar-refractivity contribution in [2.24, 2.45) is 5.11 Å². The third kappa shape index (κ3) is 4.76. The Hall–Kier alpha value is -3.41. The van der Waals surface area contributed by atoms with E-state index in [9.17, 15) is 13.2 Å². The highest BCUT2D eigenvalue weighted by Crippen LogP contribution is 2.36. The number of rotatable bonds is 8. The number of likely N-dealkylation sites (tertiary alicyclic amines) is 1. The molecule has 0 spiro atoms. The van der Waals surface area contributed by atoms with Crippen molar-refractivity contribution in [1.82, 2.24) is 19.5 Å². The maximum atomic E-state index is 14.5. The van der Waals surface area contributed by atoms with Gasteiger partial charge in [-0.15, -0.1) is 5.10 Å². The number of ether oxygens (including phenoxy) is 1. The number of anilines is 2. The van der Waals surface area contributed by atoms with E-state index in [0.717, 1.165) is 11.1 Å². The van der Waals surface area contributed by atoms with Gasteiger partial charge in [-0.3, -0.25) is 0 Å². The molecule has 182 valence electrons. The van der Waals surface area contributed by atoms with Crippen LogP contribution in [0.15, 0.2) is 35.6 Å². The average molecular weight is 477 g/mol. The SMILES string of the molecule is COc1nc(N[C@@H]2CCN(C)CC2(F)F)nn2ccc(-c3ccc(N=N)c(NC[C@@H](C)F)c3)c12. The molecule has 0 amide bonds. The van der Waals surface area contributed by atoms with Crippen LogP contribution in [0.25, 0.3) is 16.6 Å². The fraction of sp³-hybridized carbons (Fsp3) is 0.455. The second-order valence-electron chi connectivity index (χ2n) is 8.46. The maximum absolute atomic E-state index is 14.5. The van der Waals surface area contributed by atoms with E-state index in [1.165, 1.54) is 18.5 Å². The zero-order valence-corrected chi connectivity index (χ0v) is 19.1. The lowest BCUT2D eigenvalue weighted by Crippen LogP contribution is -2.53. The third-order valence-corrected chi connectivity index (χ3v) is 5.77. The van der Waals surface area contributed by atoms with Crippen LogP contribution < -0.4 is 15.4 Å². The van der Waals surface area contributed by atoms with Crippen molar-refractivity contribution in [2.45, 2.75) is 31.5 Å². The van der Waals surface area contributed by atoms with Crippen LogP contribution in [0.2, 0.25) is 0 Å². The molecule has 1 saturated heterocycles. The zero-order chi connectivity index (χ0) is 24.5. The number of piperidine rings is 1. The molecular weight excluding hydrogens is 449 g/mol. The molecule has 4 rings (SSSR count). The smallest absolute Gasteiger partial charge is 0.280 e. The van der Waals surface area contributed by atoms with Crippen molar-refractivity contribution in [3.05, 3.63) is 30.5 Å². The number of nitrogens with one attached hydrogen (secondary N) is 3. The highest BCUT2D eigenvalue weighted by atomic mass is 19.3. The zero-order valence-electron chi connectivity index (χ0n) is 19.1. The first kappa shape index (κ1) is 23.7. The largest absolute Gasteiger partial charge is 0.479 e. The first-order valence-corrected chi connectivity index (χ1v) is 10.9. The average Bonchev–Trinajstić information content (AvgIpc) is 3.22. The number of halogens is 3. The van der Waals surface area contributed by atoms with Crippen molar-refractivity contribution < 1.29 is 17.9 Å². The molecule has 1 fully saturated rings. The summed E-state index contributed by atoms with van der Waals surface area (Å²) in [5.74, 6) is -2.66. The Kier molecular flexibility index (Phi) is 6.60. The van der Waals surface area contributed by atoms with Crippen molar-refractivity contribution >= 4 is 22.8 Å². The number of benzene rings is 1. The summed E-state index contributed by atoms with van der Waals surface area (Å²) < 4.78 is 49.3. The molecule has 0 aliphatic carbocycles. The quantitative estimate of drug-likeness (QED) is 0.411. The summed E-state index contributed by atoms with van der Waals surface area (Å²) in [6.07, 6.45) is 0.867. The summed E-state index contributed by atoms with van der Waals surface area (Å²) in [6, 6.07) is 5.90. The summed E-state index contributed by atoms with van der Waals surface area (Å²) >= 11 is 0. The van der Waals surface area contributed by atoms with Crippen LogP contribution in [0.4, 0.5) is 30.5 Å². The number of alkyl halides is 3. The van der Waals surface area contributed by atoms with Gasteiger partial charge in [0.15, 0.2) is 0 Å². The number of methoxy groups -OCH3 is 1. The van der Waals surface area contributed by atoms with Gasteiger partial charge in [-0.25, -0.2) is 23.2 Å². The van der Waals surface area contributed by atoms with Gasteiger partial charge in [0.1, 0.15) is 17.4 Å². The molecule has 0 saturated carbocycles. The second kappa shape index (κ2) is 9.45. The minimum Gasteiger partial charge on any atom is -0.479 e. The number of nitrogens with zero attached hydrogens (tertiary/aromatic N) is 5. The summed E-state index contributed by atoms with van der Waals surface area (Å²) in [7, 11) is 3.12. The molecule has 0 bridgehead atoms. The topological polar surface area (TPSA) is 103 Å². The predicted molar refractivity (Wildman–Crippen MR) is 123 cm³/mol. The van der Waals surface area contributed by atoms with Crippen LogP contribution in [0.3, 0.4) is 0 Å². The Balaban J connectivity index is 1.69. The Labute approximate surface area is 194 Å². The lowest BCUT2D eigenvalue weighted by molar-refractivity contribution is -0.0675. The fourth-order valence-electron chi connectivity index (χ4n) is 4.07. The van der Waals surface area contributed by atoms with Crippen LogP contribution in [-0.4, -0.2) is 71.4 Å². The Morgan fingerprint density at radius 2 is 2.15 bits per heavy atom. The van der Waals surface area contributed by atoms with E-state index in [0.29, 0.717) is 23.4 Å². The van der Waals surface area contributed by atoms with Gasteiger partial charge in [-0.05, 0) is 44.2 Å². The maximum Gasteiger partial charge on any atom is 0.280 e. The summed E-state index contributed by atoms with van der Waals surface area (Å²) in [5.41, 5.74) is 10.3. The van der Waals surface area contributed by atoms with E-state index in [2.05, 4.69) is 25.8 Å². The van der Waals surface area contributed by atoms with Gasteiger partial charge in [0.25, 0.3) is 5.92 Å². The molecule has 34 heavy (non-hydrogen) atoms. The van der Waals surface area contributed by atoms with Gasteiger partial charge in [-0.2, -0.15) is 10.1 Å². The molecule has 3 aromatic rings. The molecular formula is C22H27F3N8O. The molecule has 9 nitrogen and oxygen atoms in total. The number of fused-ring (bicyclic) bond motifs is 1. The summed E-state index contributed by atoms with van der Waals surface area (Å²) in [5, 5.41) is 13.6. The van der Waals surface area contributed by atoms with Crippen LogP contribution in [0.1, 0.15) is 13.3 Å². The van der Waals surface area contributed by atoms with Crippen LogP contribution >= 0.6 is 0 Å². The molecule has 12 heteroatoms. The first-order chi connectivity index (χ1) is 16.2. The minimum absolute atomic E-state index is 0.0448. The van der Waals surface area contributed by atoms with Crippen molar-refractivity contribution in [2.75, 3.05) is 44.4 Å². The minimum atomic E-state index is -2.93. The molecule has 1 aromatic carbocycles. The van der Waals surface area contributed by atoms with Gasteiger partial charge < -0.3 is 20.3 Å². The summed E-state index contributed by atoms with van der Waals surface area (Å²) in [4.78, 5) is 5.94. The fourth-order valence-corrected chi connectivity index (χ4v) is 4.07. The second-order valence-corrected chi connectivity index (χ2v) is 8.46. The van der Waals surface area contributed by atoms with Crippen LogP contribution in [0, 0.1) is 5.53 Å². The number of hydrogen-bond donors (Lipinski definition) is 3. The number of hydrogen-bond acceptors (Lipinski definition) is 8. The first-order valence-electron chi connectivity index (χ1n) is 10.9. The van der Waals surface area contributed by atoms with E-state index < -0.39 is 18.1 Å². The lowest BCUT2D eigenvalue weighted by Gasteiger charge is -2.36. The van der Waals surface area contributed by atoms with Crippen LogP contribution in [0.5, 0.6) is 5.88 Å². The highest BCUT2D eigenvalue weighted by Gasteiger charge is 2.44. The molecule has 3 N–H and O–H groups in total. The normalized spacial score (nSPS) is 19.1. The molecule has 2 aromatic heterocycles. The van der Waals surface area contributed by atoms with Crippen molar-refractivity contribution in [1.29, 1.82) is 5.53 Å². The monoisotopic (exact) mass is 476 g/mol. The standard InChI is InChI=1S/C22H27F3N8O/c1-13(23)11-27-17-10-14(4-5-16(17)30-26)15-6-9-33-19(15)20(34-3)29-21(31-33)28-18-7-8-32(2)12-22(18,24)25/h4-6,9-10,13,18,26-27H,7-8,11-12H2,1-3H3,(H,28,31)/t13-,18-/m1/s1. The Morgan fingerprint density at radius 3 is 2.82 bits per heavy atom. The van der Waals surface area contributed by atoms with E-state index >= 15 is 0 Å². The van der Waals surface area contributed by atoms with Gasteiger partial charge in [-0.1, -0.05) is 6.07 Å². The molecule has 1 aliphatic heterocycles. The molecule has 0 radical (unpaired) electrons. The van der Waals surface area contributed by atoms with E-state index in [1.807, 2.05) is 0 Å². The van der Waals surface area contributed by atoms with Crippen LogP contribution in [-0.2, 0) is 0 Å². The van der Waals surface area contributed by atoms with E-state index in [4.69, 9.17) is 10.3 Å². The number of aromatic nitrogens is 3. The van der Waals surface area contributed by atoms with Gasteiger partial charge in [0.05, 0.1) is 25.4 Å². The van der Waals surface area contributed by atoms with E-state index in [1.54, 1.807) is 42.4 Å². The van der Waals surface area contributed by atoms with Gasteiger partial charge >= 0.3 is 0 Å². The lowest BCUT2D eigenvalue weighted by atomic mass is 10.0. The van der Waals surface area contributed by atoms with Gasteiger partial charge in [0.2, 0.25) is 11.8 Å². The molecule has 0 unspecified atom stereocenters. The molecule has 2 atom stereocenters. The third-order valence-electron chi connectivity index (χ3n) is 5.77. The summed E-state index contributed by atoms with van der Waals surface area (Å²) in [6.45, 7) is 1.71. The predicted octanol–water partition coefficient (Wildman–Crippen LogP) is 4.59. The van der Waals surface area contributed by atoms with Crippen molar-refractivity contribution in [3.8, 4) is 17.0 Å². The van der Waals surface area contributed by atoms with E-state index in [-0.39, 0.29) is 31.3 Å². The van der Waals surface area contributed by atoms with Gasteiger partial charge in [0, 0.05) is 24.8 Å². The highest BCUT2D eigenvalue weighted by molar-refractivity contribution is 5.87. The molecule has 1 aliphatic rings. The van der Waals surface area contributed by atoms with Crippen molar-refractivity contribution in [3.63, 3.8) is 0 Å². The Bertz CT molecular complexity index is 1180.